The predicted molar refractivity (Wildman–Crippen MR) is 68.6 cm³/mol. The summed E-state index contributed by atoms with van der Waals surface area (Å²) in [5.41, 5.74) is 0. The summed E-state index contributed by atoms with van der Waals surface area (Å²) >= 11 is 0. The van der Waals surface area contributed by atoms with Gasteiger partial charge in [-0.15, -0.1) is 6.58 Å². The predicted octanol–water partition coefficient (Wildman–Crippen LogP) is -0.317. The third-order valence-electron chi connectivity index (χ3n) is 2.74. The molecular formula is C11H20N2O4S. The van der Waals surface area contributed by atoms with E-state index >= 15 is 0 Å². The zero-order chi connectivity index (χ0) is 13.6. The van der Waals surface area contributed by atoms with E-state index in [0.717, 1.165) is 6.26 Å². The lowest BCUT2D eigenvalue weighted by Gasteiger charge is -2.27. The zero-order valence-corrected chi connectivity index (χ0v) is 11.5. The molecule has 0 unspecified atom stereocenters. The molecule has 0 radical (unpaired) electrons. The second-order valence-corrected chi connectivity index (χ2v) is 6.14. The van der Waals surface area contributed by atoms with Crippen molar-refractivity contribution in [1.82, 2.24) is 9.21 Å². The van der Waals surface area contributed by atoms with Crippen LogP contribution < -0.4 is 0 Å². The van der Waals surface area contributed by atoms with Gasteiger partial charge in [-0.2, -0.15) is 4.31 Å². The number of rotatable bonds is 6. The quantitative estimate of drug-likeness (QED) is 0.624. The molecule has 1 saturated heterocycles. The molecule has 0 atom stereocenters. The summed E-state index contributed by atoms with van der Waals surface area (Å²) in [4.78, 5) is 13.6. The van der Waals surface area contributed by atoms with Gasteiger partial charge in [-0.1, -0.05) is 6.08 Å². The number of sulfonamides is 1. The maximum absolute atomic E-state index is 11.9. The second kappa shape index (κ2) is 6.86. The van der Waals surface area contributed by atoms with E-state index in [4.69, 9.17) is 4.74 Å². The Labute approximate surface area is 108 Å². The van der Waals surface area contributed by atoms with Gasteiger partial charge in [0.1, 0.15) is 0 Å². The standard InChI is InChI=1S/C11H20N2O4S/c1-3-5-13(18(2,15)16)6-4-11(14)12-7-9-17-10-8-12/h3H,1,4-10H2,2H3. The van der Waals surface area contributed by atoms with Crippen molar-refractivity contribution in [2.75, 3.05) is 45.6 Å². The Hall–Kier alpha value is -0.920. The number of morpholine rings is 1. The van der Waals surface area contributed by atoms with Crippen LogP contribution in [0.2, 0.25) is 0 Å². The summed E-state index contributed by atoms with van der Waals surface area (Å²) in [5, 5.41) is 0. The highest BCUT2D eigenvalue weighted by molar-refractivity contribution is 7.88. The van der Waals surface area contributed by atoms with Gasteiger partial charge in [0.05, 0.1) is 19.5 Å². The fraction of sp³-hybridized carbons (Fsp3) is 0.727. The van der Waals surface area contributed by atoms with E-state index in [1.807, 2.05) is 0 Å². The lowest BCUT2D eigenvalue weighted by molar-refractivity contribution is -0.135. The summed E-state index contributed by atoms with van der Waals surface area (Å²) in [6.45, 7) is 6.20. The van der Waals surface area contributed by atoms with Crippen molar-refractivity contribution >= 4 is 15.9 Å². The Balaban J connectivity index is 2.46. The van der Waals surface area contributed by atoms with E-state index in [9.17, 15) is 13.2 Å². The molecule has 0 spiro atoms. The number of hydrogen-bond acceptors (Lipinski definition) is 4. The minimum Gasteiger partial charge on any atom is -0.378 e. The Bertz CT molecular complexity index is 388. The van der Waals surface area contributed by atoms with Crippen molar-refractivity contribution in [1.29, 1.82) is 0 Å². The van der Waals surface area contributed by atoms with Gasteiger partial charge in [-0.05, 0) is 0 Å². The fourth-order valence-electron chi connectivity index (χ4n) is 1.73. The Morgan fingerprint density at radius 1 is 1.44 bits per heavy atom. The molecule has 1 amide bonds. The van der Waals surface area contributed by atoms with E-state index in [2.05, 4.69) is 6.58 Å². The van der Waals surface area contributed by atoms with Crippen LogP contribution in [0.3, 0.4) is 0 Å². The number of nitrogens with zero attached hydrogens (tertiary/aromatic N) is 2. The lowest BCUT2D eigenvalue weighted by Crippen LogP contribution is -2.42. The SMILES string of the molecule is C=CCN(CCC(=O)N1CCOCC1)S(C)(=O)=O. The molecule has 1 aliphatic rings. The Kier molecular flexibility index (Phi) is 5.77. The second-order valence-electron chi connectivity index (χ2n) is 4.15. The normalized spacial score (nSPS) is 16.9. The van der Waals surface area contributed by atoms with Crippen molar-refractivity contribution in [3.8, 4) is 0 Å². The van der Waals surface area contributed by atoms with Crippen LogP contribution in [0, 0.1) is 0 Å². The molecule has 18 heavy (non-hydrogen) atoms. The minimum atomic E-state index is -3.29. The molecular weight excluding hydrogens is 256 g/mol. The van der Waals surface area contributed by atoms with Gasteiger partial charge in [-0.3, -0.25) is 4.79 Å². The number of carbonyl (C=O) groups excluding carboxylic acids is 1. The average Bonchev–Trinajstić information content (AvgIpc) is 2.33. The summed E-state index contributed by atoms with van der Waals surface area (Å²) in [6, 6.07) is 0. The average molecular weight is 276 g/mol. The van der Waals surface area contributed by atoms with Gasteiger partial charge in [0.2, 0.25) is 15.9 Å². The van der Waals surface area contributed by atoms with Gasteiger partial charge in [0.15, 0.2) is 0 Å². The third kappa shape index (κ3) is 4.75. The first kappa shape index (κ1) is 15.1. The zero-order valence-electron chi connectivity index (χ0n) is 10.7. The number of hydrogen-bond donors (Lipinski definition) is 0. The smallest absolute Gasteiger partial charge is 0.224 e. The van der Waals surface area contributed by atoms with Crippen LogP contribution in [0.5, 0.6) is 0 Å². The van der Waals surface area contributed by atoms with Crippen LogP contribution in [-0.4, -0.2) is 69.2 Å². The van der Waals surface area contributed by atoms with Crippen molar-refractivity contribution < 1.29 is 17.9 Å². The molecule has 0 N–H and O–H groups in total. The molecule has 0 saturated carbocycles. The molecule has 1 fully saturated rings. The van der Waals surface area contributed by atoms with E-state index in [0.29, 0.717) is 26.3 Å². The van der Waals surface area contributed by atoms with Gasteiger partial charge in [0.25, 0.3) is 0 Å². The molecule has 1 rings (SSSR count). The molecule has 0 aromatic rings. The first-order chi connectivity index (χ1) is 8.45. The largest absolute Gasteiger partial charge is 0.378 e. The summed E-state index contributed by atoms with van der Waals surface area (Å²) < 4.78 is 29.3. The van der Waals surface area contributed by atoms with Crippen LogP contribution in [-0.2, 0) is 19.6 Å². The summed E-state index contributed by atoms with van der Waals surface area (Å²) in [6.07, 6.45) is 2.84. The Morgan fingerprint density at radius 2 is 2.06 bits per heavy atom. The summed E-state index contributed by atoms with van der Waals surface area (Å²) in [5.74, 6) is -0.0315. The molecule has 0 aliphatic carbocycles. The van der Waals surface area contributed by atoms with Gasteiger partial charge < -0.3 is 9.64 Å². The molecule has 6 nitrogen and oxygen atoms in total. The molecule has 0 bridgehead atoms. The van der Waals surface area contributed by atoms with Crippen LogP contribution in [0.4, 0.5) is 0 Å². The van der Waals surface area contributed by atoms with Gasteiger partial charge in [-0.25, -0.2) is 8.42 Å². The van der Waals surface area contributed by atoms with E-state index in [1.54, 1.807) is 4.90 Å². The van der Waals surface area contributed by atoms with Crippen molar-refractivity contribution in [3.63, 3.8) is 0 Å². The molecule has 1 aliphatic heterocycles. The summed E-state index contributed by atoms with van der Waals surface area (Å²) in [7, 11) is -3.29. The molecule has 0 aromatic heterocycles. The highest BCUT2D eigenvalue weighted by Crippen LogP contribution is 2.04. The van der Waals surface area contributed by atoms with Gasteiger partial charge >= 0.3 is 0 Å². The van der Waals surface area contributed by atoms with Crippen LogP contribution in [0.15, 0.2) is 12.7 Å². The fourth-order valence-corrected chi connectivity index (χ4v) is 2.53. The minimum absolute atomic E-state index is 0.0315. The molecule has 104 valence electrons. The molecule has 7 heteroatoms. The number of ether oxygens (including phenoxy) is 1. The first-order valence-electron chi connectivity index (χ1n) is 5.86. The third-order valence-corrected chi connectivity index (χ3v) is 4.01. The van der Waals surface area contributed by atoms with E-state index in [-0.39, 0.29) is 25.4 Å². The van der Waals surface area contributed by atoms with E-state index in [1.165, 1.54) is 10.4 Å². The van der Waals surface area contributed by atoms with Crippen molar-refractivity contribution in [3.05, 3.63) is 12.7 Å². The van der Waals surface area contributed by atoms with Crippen molar-refractivity contribution in [2.24, 2.45) is 0 Å². The lowest BCUT2D eigenvalue weighted by atomic mass is 10.3. The maximum Gasteiger partial charge on any atom is 0.224 e. The monoisotopic (exact) mass is 276 g/mol. The maximum atomic E-state index is 11.9. The number of carbonyl (C=O) groups is 1. The van der Waals surface area contributed by atoms with Crippen molar-refractivity contribution in [2.45, 2.75) is 6.42 Å². The van der Waals surface area contributed by atoms with Crippen LogP contribution in [0.25, 0.3) is 0 Å². The highest BCUT2D eigenvalue weighted by atomic mass is 32.2. The Morgan fingerprint density at radius 3 is 2.56 bits per heavy atom. The van der Waals surface area contributed by atoms with E-state index < -0.39 is 10.0 Å². The van der Waals surface area contributed by atoms with Crippen LogP contribution >= 0.6 is 0 Å². The first-order valence-corrected chi connectivity index (χ1v) is 7.71. The highest BCUT2D eigenvalue weighted by Gasteiger charge is 2.20. The number of amides is 1. The topological polar surface area (TPSA) is 66.9 Å². The van der Waals surface area contributed by atoms with Gasteiger partial charge in [0, 0.05) is 32.6 Å². The van der Waals surface area contributed by atoms with Crippen LogP contribution in [0.1, 0.15) is 6.42 Å². The molecule has 0 aromatic carbocycles. The molecule has 1 heterocycles.